The number of unbranched alkanes of at least 4 members (excludes halogenated alkanes) is 30. The smallest absolute Gasteiger partial charge is 0.457 e. The summed E-state index contributed by atoms with van der Waals surface area (Å²) in [6.45, 7) is 4.99. The number of carbonyl (C=O) groups is 1. The van der Waals surface area contributed by atoms with E-state index in [1.54, 1.807) is 0 Å². The van der Waals surface area contributed by atoms with E-state index < -0.39 is 13.9 Å². The van der Waals surface area contributed by atoms with Gasteiger partial charge in [-0.2, -0.15) is 0 Å². The van der Waals surface area contributed by atoms with E-state index in [9.17, 15) is 14.3 Å². The highest BCUT2D eigenvalue weighted by Gasteiger charge is 2.25. The van der Waals surface area contributed by atoms with Crippen molar-refractivity contribution in [1.29, 1.82) is 0 Å². The number of ether oxygens (including phenoxy) is 2. The van der Waals surface area contributed by atoms with Crippen molar-refractivity contribution in [2.75, 3.05) is 33.0 Å². The first-order chi connectivity index (χ1) is 24.9. The van der Waals surface area contributed by atoms with Gasteiger partial charge in [-0.3, -0.25) is 13.8 Å². The highest BCUT2D eigenvalue weighted by Crippen LogP contribution is 2.43. The zero-order valence-electron chi connectivity index (χ0n) is 33.9. The minimum absolute atomic E-state index is 0.0900. The van der Waals surface area contributed by atoms with Crippen LogP contribution in [0.15, 0.2) is 0 Å². The standard InChI is InChI=1S/C42H86NO7P/c1-3-5-7-9-11-13-15-17-19-21-23-25-27-29-31-33-35-42(44)50-41(40-49-51(45,46)48-38-36-43)39-47-37-34-32-30-28-26-24-22-20-18-16-14-12-10-8-6-4-2/h41H,3-40,43H2,1-2H3,(H,45,46)/t41-/m1/s1. The zero-order chi connectivity index (χ0) is 37.4. The molecule has 0 aliphatic heterocycles. The number of phosphoric acid groups is 1. The summed E-state index contributed by atoms with van der Waals surface area (Å²) >= 11 is 0. The molecule has 306 valence electrons. The summed E-state index contributed by atoms with van der Waals surface area (Å²) in [5.74, 6) is -0.323. The Labute approximate surface area is 316 Å². The van der Waals surface area contributed by atoms with Crippen LogP contribution in [0, 0.1) is 0 Å². The van der Waals surface area contributed by atoms with Crippen LogP contribution in [0.25, 0.3) is 0 Å². The lowest BCUT2D eigenvalue weighted by atomic mass is 10.0. The first kappa shape index (κ1) is 50.5. The molecule has 0 saturated carbocycles. The molecular weight excluding hydrogens is 661 g/mol. The molecule has 0 aromatic heterocycles. The third-order valence-electron chi connectivity index (χ3n) is 9.77. The van der Waals surface area contributed by atoms with E-state index >= 15 is 0 Å². The fourth-order valence-electron chi connectivity index (χ4n) is 6.53. The fourth-order valence-corrected chi connectivity index (χ4v) is 7.29. The molecule has 9 heteroatoms. The number of nitrogens with two attached hydrogens (primary N) is 1. The van der Waals surface area contributed by atoms with E-state index in [-0.39, 0.29) is 32.3 Å². The van der Waals surface area contributed by atoms with Crippen molar-refractivity contribution in [3.8, 4) is 0 Å². The molecule has 8 nitrogen and oxygen atoms in total. The van der Waals surface area contributed by atoms with Crippen LogP contribution in [0.1, 0.15) is 226 Å². The summed E-state index contributed by atoms with van der Waals surface area (Å²) in [5, 5.41) is 0. The van der Waals surface area contributed by atoms with Gasteiger partial charge in [0.2, 0.25) is 0 Å². The predicted molar refractivity (Wildman–Crippen MR) is 215 cm³/mol. The molecule has 2 atom stereocenters. The summed E-state index contributed by atoms with van der Waals surface area (Å²) in [7, 11) is -4.27. The number of phosphoric ester groups is 1. The lowest BCUT2D eigenvalue weighted by Gasteiger charge is -2.20. The minimum atomic E-state index is -4.27. The third kappa shape index (κ3) is 40.5. The van der Waals surface area contributed by atoms with Gasteiger partial charge in [-0.25, -0.2) is 4.57 Å². The normalized spacial score (nSPS) is 13.4. The number of esters is 1. The molecule has 0 bridgehead atoms. The van der Waals surface area contributed by atoms with Gasteiger partial charge in [0, 0.05) is 19.6 Å². The largest absolute Gasteiger partial charge is 0.472 e. The quantitative estimate of drug-likeness (QED) is 0.0360. The molecule has 1 unspecified atom stereocenters. The minimum Gasteiger partial charge on any atom is -0.457 e. The van der Waals surface area contributed by atoms with Crippen molar-refractivity contribution < 1.29 is 32.8 Å². The van der Waals surface area contributed by atoms with Gasteiger partial charge in [-0.05, 0) is 12.8 Å². The van der Waals surface area contributed by atoms with E-state index in [1.807, 2.05) is 0 Å². The molecule has 0 aromatic carbocycles. The van der Waals surface area contributed by atoms with E-state index in [1.165, 1.54) is 173 Å². The van der Waals surface area contributed by atoms with Gasteiger partial charge in [-0.1, -0.05) is 206 Å². The topological polar surface area (TPSA) is 117 Å². The number of hydrogen-bond acceptors (Lipinski definition) is 7. The second-order valence-electron chi connectivity index (χ2n) is 14.9. The van der Waals surface area contributed by atoms with Crippen molar-refractivity contribution in [3.63, 3.8) is 0 Å². The molecule has 51 heavy (non-hydrogen) atoms. The second kappa shape index (κ2) is 40.7. The van der Waals surface area contributed by atoms with Gasteiger partial charge in [0.1, 0.15) is 6.10 Å². The summed E-state index contributed by atoms with van der Waals surface area (Å²) in [6.07, 6.45) is 41.1. The highest BCUT2D eigenvalue weighted by atomic mass is 31.2. The average molecular weight is 748 g/mol. The Morgan fingerprint density at radius 2 is 0.863 bits per heavy atom. The van der Waals surface area contributed by atoms with Crippen molar-refractivity contribution in [3.05, 3.63) is 0 Å². The monoisotopic (exact) mass is 748 g/mol. The first-order valence-electron chi connectivity index (χ1n) is 22.0. The fraction of sp³-hybridized carbons (Fsp3) is 0.976. The van der Waals surface area contributed by atoms with Crippen LogP contribution >= 0.6 is 7.82 Å². The van der Waals surface area contributed by atoms with E-state index in [4.69, 9.17) is 24.3 Å². The van der Waals surface area contributed by atoms with Crippen LogP contribution in [0.5, 0.6) is 0 Å². The van der Waals surface area contributed by atoms with Gasteiger partial charge in [-0.15, -0.1) is 0 Å². The Balaban J connectivity index is 3.97. The Hall–Kier alpha value is -0.500. The summed E-state index contributed by atoms with van der Waals surface area (Å²) in [5.41, 5.74) is 5.37. The van der Waals surface area contributed by atoms with Crippen LogP contribution in [-0.4, -0.2) is 49.9 Å². The van der Waals surface area contributed by atoms with Crippen molar-refractivity contribution in [2.45, 2.75) is 232 Å². The Morgan fingerprint density at radius 3 is 1.24 bits per heavy atom. The molecule has 3 N–H and O–H groups in total. The average Bonchev–Trinajstić information content (AvgIpc) is 3.12. The van der Waals surface area contributed by atoms with E-state index in [0.717, 1.165) is 32.1 Å². The summed E-state index contributed by atoms with van der Waals surface area (Å²) in [6, 6.07) is 0. The molecule has 0 aliphatic carbocycles. The van der Waals surface area contributed by atoms with Crippen molar-refractivity contribution >= 4 is 13.8 Å². The van der Waals surface area contributed by atoms with Gasteiger partial charge in [0.15, 0.2) is 0 Å². The molecule has 0 radical (unpaired) electrons. The van der Waals surface area contributed by atoms with Crippen LogP contribution in [0.3, 0.4) is 0 Å². The zero-order valence-corrected chi connectivity index (χ0v) is 34.8. The maximum atomic E-state index is 12.6. The van der Waals surface area contributed by atoms with Crippen LogP contribution in [-0.2, 0) is 27.9 Å². The van der Waals surface area contributed by atoms with Crippen molar-refractivity contribution in [2.24, 2.45) is 5.73 Å². The molecule has 0 amide bonds. The van der Waals surface area contributed by atoms with E-state index in [0.29, 0.717) is 13.0 Å². The number of carbonyl (C=O) groups excluding carboxylic acids is 1. The number of rotatable bonds is 43. The maximum absolute atomic E-state index is 12.6. The summed E-state index contributed by atoms with van der Waals surface area (Å²) < 4.78 is 33.4. The molecular formula is C42H86NO7P. The van der Waals surface area contributed by atoms with Crippen LogP contribution in [0.4, 0.5) is 0 Å². The lowest BCUT2D eigenvalue weighted by molar-refractivity contribution is -0.154. The third-order valence-corrected chi connectivity index (χ3v) is 10.8. The molecule has 0 aliphatic rings. The Morgan fingerprint density at radius 1 is 0.510 bits per heavy atom. The molecule has 0 fully saturated rings. The van der Waals surface area contributed by atoms with Crippen LogP contribution in [0.2, 0.25) is 0 Å². The molecule has 0 rings (SSSR count). The van der Waals surface area contributed by atoms with Gasteiger partial charge < -0.3 is 20.1 Å². The number of hydrogen-bond donors (Lipinski definition) is 2. The predicted octanol–water partition coefficient (Wildman–Crippen LogP) is 12.9. The Kier molecular flexibility index (Phi) is 40.3. The highest BCUT2D eigenvalue weighted by molar-refractivity contribution is 7.47. The van der Waals surface area contributed by atoms with E-state index in [2.05, 4.69) is 13.8 Å². The van der Waals surface area contributed by atoms with Crippen molar-refractivity contribution in [1.82, 2.24) is 0 Å². The van der Waals surface area contributed by atoms with Gasteiger partial charge in [0.25, 0.3) is 0 Å². The first-order valence-corrected chi connectivity index (χ1v) is 23.5. The van der Waals surface area contributed by atoms with Crippen LogP contribution < -0.4 is 5.73 Å². The molecule has 0 spiro atoms. The summed E-state index contributed by atoms with van der Waals surface area (Å²) in [4.78, 5) is 22.5. The molecule has 0 heterocycles. The molecule has 0 saturated heterocycles. The second-order valence-corrected chi connectivity index (χ2v) is 16.4. The Bertz CT molecular complexity index is 757. The van der Waals surface area contributed by atoms with Gasteiger partial charge in [0.05, 0.1) is 19.8 Å². The maximum Gasteiger partial charge on any atom is 0.472 e. The molecule has 0 aromatic rings. The SMILES string of the molecule is CCCCCCCCCCCCCCCCCCOC[C@H](COP(=O)(O)OCCN)OC(=O)CCCCCCCCCCCCCCCCCC. The van der Waals surface area contributed by atoms with Gasteiger partial charge >= 0.3 is 13.8 Å². The lowest BCUT2D eigenvalue weighted by Crippen LogP contribution is -2.28.